The second-order valence-corrected chi connectivity index (χ2v) is 7.92. The average molecular weight is 364 g/mol. The molecule has 0 spiro atoms. The molecule has 2 fully saturated rings. The van der Waals surface area contributed by atoms with Gasteiger partial charge >= 0.3 is 0 Å². The summed E-state index contributed by atoms with van der Waals surface area (Å²) in [6, 6.07) is 17.1. The van der Waals surface area contributed by atoms with E-state index in [1.165, 1.54) is 12.8 Å². The standard InChI is InChI=1S/C23H28N2O2/c1-16-18(15-27-21-7-3-2-4-8-21)6-5-9-22(16)25-23(26)14-17-12-19-10-11-20(13-17)24-19/h2-9,17,19-20,24H,10-15H2,1H3,(H,25,26). The topological polar surface area (TPSA) is 50.4 Å². The first kappa shape index (κ1) is 18.1. The summed E-state index contributed by atoms with van der Waals surface area (Å²) in [5.41, 5.74) is 3.06. The molecule has 4 heteroatoms. The number of hydrogen-bond donors (Lipinski definition) is 2. The fraction of sp³-hybridized carbons (Fsp3) is 0.435. The molecule has 4 rings (SSSR count). The number of piperidine rings is 1. The van der Waals surface area contributed by atoms with Gasteiger partial charge in [0.25, 0.3) is 0 Å². The van der Waals surface area contributed by atoms with Crippen molar-refractivity contribution in [1.29, 1.82) is 0 Å². The van der Waals surface area contributed by atoms with E-state index in [1.54, 1.807) is 0 Å². The second-order valence-electron chi connectivity index (χ2n) is 7.92. The van der Waals surface area contributed by atoms with Crippen LogP contribution in [0.5, 0.6) is 5.75 Å². The Morgan fingerprint density at radius 3 is 2.56 bits per heavy atom. The SMILES string of the molecule is Cc1c(COc2ccccc2)cccc1NC(=O)CC1CC2CCC(C1)N2. The number of anilines is 1. The van der Waals surface area contributed by atoms with Crippen LogP contribution in [0.3, 0.4) is 0 Å². The van der Waals surface area contributed by atoms with Crippen LogP contribution >= 0.6 is 0 Å². The predicted molar refractivity (Wildman–Crippen MR) is 108 cm³/mol. The highest BCUT2D eigenvalue weighted by Crippen LogP contribution is 2.33. The molecule has 0 aromatic heterocycles. The van der Waals surface area contributed by atoms with Gasteiger partial charge in [0.1, 0.15) is 12.4 Å². The zero-order valence-corrected chi connectivity index (χ0v) is 15.9. The van der Waals surface area contributed by atoms with E-state index in [-0.39, 0.29) is 5.91 Å². The molecule has 2 aliphatic rings. The molecule has 2 saturated heterocycles. The lowest BCUT2D eigenvalue weighted by molar-refractivity contribution is -0.117. The lowest BCUT2D eigenvalue weighted by atomic mass is 9.89. The van der Waals surface area contributed by atoms with E-state index in [9.17, 15) is 4.79 Å². The zero-order chi connectivity index (χ0) is 18.6. The molecule has 142 valence electrons. The van der Waals surface area contributed by atoms with E-state index in [1.807, 2.05) is 49.4 Å². The van der Waals surface area contributed by atoms with Gasteiger partial charge in [-0.15, -0.1) is 0 Å². The predicted octanol–water partition coefficient (Wildman–Crippen LogP) is 4.43. The maximum Gasteiger partial charge on any atom is 0.224 e. The van der Waals surface area contributed by atoms with Crippen LogP contribution < -0.4 is 15.4 Å². The largest absolute Gasteiger partial charge is 0.489 e. The Morgan fingerprint density at radius 1 is 1.07 bits per heavy atom. The molecule has 2 aromatic carbocycles. The molecule has 2 N–H and O–H groups in total. The maximum atomic E-state index is 12.6. The molecule has 1 amide bonds. The Hall–Kier alpha value is -2.33. The van der Waals surface area contributed by atoms with Gasteiger partial charge in [-0.2, -0.15) is 0 Å². The zero-order valence-electron chi connectivity index (χ0n) is 15.9. The molecule has 0 saturated carbocycles. The van der Waals surface area contributed by atoms with Crippen LogP contribution in [-0.4, -0.2) is 18.0 Å². The molecule has 2 heterocycles. The molecular weight excluding hydrogens is 336 g/mol. The third-order valence-corrected chi connectivity index (χ3v) is 5.90. The van der Waals surface area contributed by atoms with Crippen LogP contribution in [0.25, 0.3) is 0 Å². The van der Waals surface area contributed by atoms with Crippen molar-refractivity contribution in [2.75, 3.05) is 5.32 Å². The van der Waals surface area contributed by atoms with Crippen LogP contribution in [0, 0.1) is 12.8 Å². The Balaban J connectivity index is 1.35. The molecular formula is C23H28N2O2. The van der Waals surface area contributed by atoms with Gasteiger partial charge in [-0.3, -0.25) is 4.79 Å². The molecule has 2 atom stereocenters. The van der Waals surface area contributed by atoms with Crippen LogP contribution in [-0.2, 0) is 11.4 Å². The molecule has 0 aliphatic carbocycles. The Kier molecular flexibility index (Phi) is 5.44. The Labute approximate surface area is 161 Å². The Morgan fingerprint density at radius 2 is 1.81 bits per heavy atom. The minimum absolute atomic E-state index is 0.130. The molecule has 4 nitrogen and oxygen atoms in total. The van der Waals surface area contributed by atoms with Gasteiger partial charge in [0, 0.05) is 24.2 Å². The fourth-order valence-corrected chi connectivity index (χ4v) is 4.46. The molecule has 27 heavy (non-hydrogen) atoms. The number of carbonyl (C=O) groups excluding carboxylic acids is 1. The van der Waals surface area contributed by atoms with E-state index in [2.05, 4.69) is 16.7 Å². The van der Waals surface area contributed by atoms with Crippen molar-refractivity contribution < 1.29 is 9.53 Å². The molecule has 2 bridgehead atoms. The summed E-state index contributed by atoms with van der Waals surface area (Å²) in [7, 11) is 0. The van der Waals surface area contributed by atoms with Gasteiger partial charge in [-0.05, 0) is 67.9 Å². The summed E-state index contributed by atoms with van der Waals surface area (Å²) in [6.07, 6.45) is 5.43. The van der Waals surface area contributed by atoms with E-state index < -0.39 is 0 Å². The third kappa shape index (κ3) is 4.51. The van der Waals surface area contributed by atoms with E-state index in [0.717, 1.165) is 35.4 Å². The highest BCUT2D eigenvalue weighted by atomic mass is 16.5. The van der Waals surface area contributed by atoms with Gasteiger partial charge in [-0.1, -0.05) is 30.3 Å². The highest BCUT2D eigenvalue weighted by molar-refractivity contribution is 5.91. The van der Waals surface area contributed by atoms with Gasteiger partial charge in [0.15, 0.2) is 0 Å². The number of para-hydroxylation sites is 1. The highest BCUT2D eigenvalue weighted by Gasteiger charge is 2.34. The van der Waals surface area contributed by atoms with Crippen LogP contribution in [0.1, 0.15) is 43.2 Å². The smallest absolute Gasteiger partial charge is 0.224 e. The lowest BCUT2D eigenvalue weighted by Gasteiger charge is -2.28. The minimum Gasteiger partial charge on any atom is -0.489 e. The number of benzene rings is 2. The first-order valence-corrected chi connectivity index (χ1v) is 9.99. The number of nitrogens with one attached hydrogen (secondary N) is 2. The normalized spacial score (nSPS) is 23.8. The molecule has 0 radical (unpaired) electrons. The second kappa shape index (κ2) is 8.13. The van der Waals surface area contributed by atoms with Crippen molar-refractivity contribution in [2.24, 2.45) is 5.92 Å². The Bertz CT molecular complexity index is 778. The van der Waals surface area contributed by atoms with Crippen LogP contribution in [0.4, 0.5) is 5.69 Å². The van der Waals surface area contributed by atoms with E-state index >= 15 is 0 Å². The summed E-state index contributed by atoms with van der Waals surface area (Å²) in [5.74, 6) is 1.49. The van der Waals surface area contributed by atoms with Gasteiger partial charge in [0.2, 0.25) is 5.91 Å². The van der Waals surface area contributed by atoms with Crippen LogP contribution in [0.15, 0.2) is 48.5 Å². The number of rotatable bonds is 6. The van der Waals surface area contributed by atoms with Crippen molar-refractivity contribution in [1.82, 2.24) is 5.32 Å². The van der Waals surface area contributed by atoms with Crippen molar-refractivity contribution in [3.8, 4) is 5.75 Å². The van der Waals surface area contributed by atoms with Gasteiger partial charge in [0.05, 0.1) is 0 Å². The maximum absolute atomic E-state index is 12.6. The molecule has 2 unspecified atom stereocenters. The third-order valence-electron chi connectivity index (χ3n) is 5.90. The summed E-state index contributed by atoms with van der Waals surface area (Å²) in [4.78, 5) is 12.6. The number of amides is 1. The summed E-state index contributed by atoms with van der Waals surface area (Å²) in [6.45, 7) is 2.54. The fourth-order valence-electron chi connectivity index (χ4n) is 4.46. The van der Waals surface area contributed by atoms with Gasteiger partial charge in [-0.25, -0.2) is 0 Å². The first-order valence-electron chi connectivity index (χ1n) is 9.99. The monoisotopic (exact) mass is 364 g/mol. The molecule has 2 aliphatic heterocycles. The van der Waals surface area contributed by atoms with Crippen molar-refractivity contribution in [2.45, 2.75) is 57.7 Å². The van der Waals surface area contributed by atoms with E-state index in [4.69, 9.17) is 4.74 Å². The average Bonchev–Trinajstić information content (AvgIpc) is 3.01. The number of carbonyl (C=O) groups is 1. The number of fused-ring (bicyclic) bond motifs is 2. The summed E-state index contributed by atoms with van der Waals surface area (Å²) >= 11 is 0. The quantitative estimate of drug-likeness (QED) is 0.797. The first-order chi connectivity index (χ1) is 13.2. The van der Waals surface area contributed by atoms with Gasteiger partial charge < -0.3 is 15.4 Å². The number of hydrogen-bond acceptors (Lipinski definition) is 3. The minimum atomic E-state index is 0.130. The van der Waals surface area contributed by atoms with Crippen molar-refractivity contribution >= 4 is 11.6 Å². The summed E-state index contributed by atoms with van der Waals surface area (Å²) < 4.78 is 5.87. The van der Waals surface area contributed by atoms with Crippen molar-refractivity contribution in [3.05, 3.63) is 59.7 Å². The number of ether oxygens (including phenoxy) is 1. The molecule has 2 aromatic rings. The summed E-state index contributed by atoms with van der Waals surface area (Å²) in [5, 5.41) is 6.77. The lowest BCUT2D eigenvalue weighted by Crippen LogP contribution is -2.39. The van der Waals surface area contributed by atoms with Crippen LogP contribution in [0.2, 0.25) is 0 Å². The van der Waals surface area contributed by atoms with E-state index in [0.29, 0.717) is 31.0 Å². The van der Waals surface area contributed by atoms with Crippen molar-refractivity contribution in [3.63, 3.8) is 0 Å².